The SMILES string of the molecule is C/C(N)=C/C(=O)Cc1ccco1. The van der Waals surface area contributed by atoms with Gasteiger partial charge in [0.1, 0.15) is 5.76 Å². The van der Waals surface area contributed by atoms with Gasteiger partial charge in [0.15, 0.2) is 5.78 Å². The van der Waals surface area contributed by atoms with E-state index in [1.165, 1.54) is 6.08 Å². The molecular weight excluding hydrogens is 154 g/mol. The van der Waals surface area contributed by atoms with Gasteiger partial charge < -0.3 is 10.2 Å². The minimum absolute atomic E-state index is 0.0371. The highest BCUT2D eigenvalue weighted by atomic mass is 16.3. The van der Waals surface area contributed by atoms with E-state index in [9.17, 15) is 4.79 Å². The first-order valence-corrected chi connectivity index (χ1v) is 3.67. The molecule has 0 atom stereocenters. The molecular formula is C9H11NO2. The van der Waals surface area contributed by atoms with Gasteiger partial charge in [-0.2, -0.15) is 0 Å². The Morgan fingerprint density at radius 2 is 2.50 bits per heavy atom. The van der Waals surface area contributed by atoms with Crippen LogP contribution in [0.25, 0.3) is 0 Å². The lowest BCUT2D eigenvalue weighted by Crippen LogP contribution is -2.01. The van der Waals surface area contributed by atoms with E-state index in [0.29, 0.717) is 11.5 Å². The highest BCUT2D eigenvalue weighted by molar-refractivity contribution is 5.91. The van der Waals surface area contributed by atoms with Gasteiger partial charge in [-0.1, -0.05) is 0 Å². The Kier molecular flexibility index (Phi) is 2.69. The summed E-state index contributed by atoms with van der Waals surface area (Å²) in [5.74, 6) is 0.627. The fourth-order valence-corrected chi connectivity index (χ4v) is 0.890. The van der Waals surface area contributed by atoms with Crippen LogP contribution in [0.2, 0.25) is 0 Å². The number of carbonyl (C=O) groups excluding carboxylic acids is 1. The molecule has 2 N–H and O–H groups in total. The highest BCUT2D eigenvalue weighted by Gasteiger charge is 2.01. The van der Waals surface area contributed by atoms with E-state index in [0.717, 1.165) is 0 Å². The Morgan fingerprint density at radius 1 is 1.75 bits per heavy atom. The maximum atomic E-state index is 11.1. The molecule has 0 aliphatic carbocycles. The van der Waals surface area contributed by atoms with Gasteiger partial charge in [0.2, 0.25) is 0 Å². The summed E-state index contributed by atoms with van der Waals surface area (Å²) < 4.78 is 4.99. The first kappa shape index (κ1) is 8.59. The Morgan fingerprint density at radius 3 is 3.00 bits per heavy atom. The van der Waals surface area contributed by atoms with Gasteiger partial charge in [0, 0.05) is 11.8 Å². The molecule has 1 rings (SSSR count). The number of ketones is 1. The van der Waals surface area contributed by atoms with E-state index in [4.69, 9.17) is 10.2 Å². The molecule has 0 radical (unpaired) electrons. The summed E-state index contributed by atoms with van der Waals surface area (Å²) in [6.07, 6.45) is 3.23. The number of allylic oxidation sites excluding steroid dienone is 2. The number of rotatable bonds is 3. The fraction of sp³-hybridized carbons (Fsp3) is 0.222. The van der Waals surface area contributed by atoms with Crippen molar-refractivity contribution >= 4 is 5.78 Å². The Hall–Kier alpha value is -1.51. The van der Waals surface area contributed by atoms with Crippen LogP contribution >= 0.6 is 0 Å². The third kappa shape index (κ3) is 2.62. The van der Waals surface area contributed by atoms with Crippen LogP contribution < -0.4 is 5.73 Å². The van der Waals surface area contributed by atoms with Crippen LogP contribution in [-0.2, 0) is 11.2 Å². The van der Waals surface area contributed by atoms with Crippen LogP contribution in [0.5, 0.6) is 0 Å². The first-order valence-electron chi connectivity index (χ1n) is 3.67. The maximum Gasteiger partial charge on any atom is 0.164 e. The molecule has 0 unspecified atom stereocenters. The van der Waals surface area contributed by atoms with E-state index in [1.807, 2.05) is 0 Å². The summed E-state index contributed by atoms with van der Waals surface area (Å²) in [5.41, 5.74) is 5.85. The number of carbonyl (C=O) groups is 1. The van der Waals surface area contributed by atoms with Gasteiger partial charge in [-0.25, -0.2) is 0 Å². The zero-order chi connectivity index (χ0) is 8.97. The minimum Gasteiger partial charge on any atom is -0.469 e. The van der Waals surface area contributed by atoms with Crippen molar-refractivity contribution in [3.63, 3.8) is 0 Å². The van der Waals surface area contributed by atoms with Crippen molar-refractivity contribution < 1.29 is 9.21 Å². The smallest absolute Gasteiger partial charge is 0.164 e. The second-order valence-electron chi connectivity index (χ2n) is 2.61. The normalized spacial score (nSPS) is 11.6. The first-order chi connectivity index (χ1) is 5.68. The van der Waals surface area contributed by atoms with Crippen LogP contribution in [-0.4, -0.2) is 5.78 Å². The largest absolute Gasteiger partial charge is 0.469 e. The van der Waals surface area contributed by atoms with Crippen molar-refractivity contribution in [1.29, 1.82) is 0 Å². The minimum atomic E-state index is -0.0371. The van der Waals surface area contributed by atoms with E-state index < -0.39 is 0 Å². The molecule has 3 heteroatoms. The Balaban J connectivity index is 2.54. The standard InChI is InChI=1S/C9H11NO2/c1-7(10)5-8(11)6-9-3-2-4-12-9/h2-5H,6,10H2,1H3/b7-5-. The molecule has 0 bridgehead atoms. The number of furan rings is 1. The second kappa shape index (κ2) is 3.76. The van der Waals surface area contributed by atoms with Crippen LogP contribution in [0.4, 0.5) is 0 Å². The summed E-state index contributed by atoms with van der Waals surface area (Å²) in [4.78, 5) is 11.1. The molecule has 0 amide bonds. The zero-order valence-electron chi connectivity index (χ0n) is 6.91. The van der Waals surface area contributed by atoms with Gasteiger partial charge >= 0.3 is 0 Å². The van der Waals surface area contributed by atoms with Crippen LogP contribution in [0.1, 0.15) is 12.7 Å². The van der Waals surface area contributed by atoms with Crippen molar-refractivity contribution in [3.05, 3.63) is 35.9 Å². The molecule has 1 aromatic heterocycles. The van der Waals surface area contributed by atoms with Gasteiger partial charge in [0.05, 0.1) is 12.7 Å². The Bertz CT molecular complexity index is 281. The summed E-state index contributed by atoms with van der Waals surface area (Å²) >= 11 is 0. The van der Waals surface area contributed by atoms with Gasteiger partial charge in [0.25, 0.3) is 0 Å². The molecule has 1 heterocycles. The van der Waals surface area contributed by atoms with E-state index in [1.54, 1.807) is 25.3 Å². The summed E-state index contributed by atoms with van der Waals surface area (Å²) in [6.45, 7) is 1.68. The molecule has 0 aliphatic rings. The van der Waals surface area contributed by atoms with Gasteiger partial charge in [-0.3, -0.25) is 4.79 Å². The lowest BCUT2D eigenvalue weighted by molar-refractivity contribution is -0.114. The lowest BCUT2D eigenvalue weighted by atomic mass is 10.2. The quantitative estimate of drug-likeness (QED) is 0.686. The van der Waals surface area contributed by atoms with E-state index >= 15 is 0 Å². The molecule has 0 aromatic carbocycles. The third-order valence-corrected chi connectivity index (χ3v) is 1.32. The van der Waals surface area contributed by atoms with Crippen LogP contribution in [0.3, 0.4) is 0 Å². The Labute approximate surface area is 70.9 Å². The van der Waals surface area contributed by atoms with Crippen molar-refractivity contribution in [3.8, 4) is 0 Å². The molecule has 3 nitrogen and oxygen atoms in total. The van der Waals surface area contributed by atoms with E-state index in [2.05, 4.69) is 0 Å². The average molecular weight is 165 g/mol. The summed E-state index contributed by atoms with van der Waals surface area (Å²) in [6, 6.07) is 3.51. The molecule has 0 saturated heterocycles. The highest BCUT2D eigenvalue weighted by Crippen LogP contribution is 2.02. The molecule has 0 saturated carbocycles. The van der Waals surface area contributed by atoms with E-state index in [-0.39, 0.29) is 12.2 Å². The van der Waals surface area contributed by atoms with Crippen molar-refractivity contribution in [2.75, 3.05) is 0 Å². The molecule has 0 aliphatic heterocycles. The predicted octanol–water partition coefficient (Wildman–Crippen LogP) is 1.25. The number of hydrogen-bond acceptors (Lipinski definition) is 3. The fourth-order valence-electron chi connectivity index (χ4n) is 0.890. The molecule has 1 aromatic rings. The average Bonchev–Trinajstić information content (AvgIpc) is 2.37. The van der Waals surface area contributed by atoms with Crippen molar-refractivity contribution in [2.45, 2.75) is 13.3 Å². The monoisotopic (exact) mass is 165 g/mol. The zero-order valence-corrected chi connectivity index (χ0v) is 6.91. The molecule has 0 spiro atoms. The molecule has 64 valence electrons. The number of nitrogens with two attached hydrogens (primary N) is 1. The van der Waals surface area contributed by atoms with Gasteiger partial charge in [-0.05, 0) is 19.1 Å². The molecule has 0 fully saturated rings. The summed E-state index contributed by atoms with van der Waals surface area (Å²) in [5, 5.41) is 0. The van der Waals surface area contributed by atoms with Gasteiger partial charge in [-0.15, -0.1) is 0 Å². The third-order valence-electron chi connectivity index (χ3n) is 1.32. The summed E-state index contributed by atoms with van der Waals surface area (Å²) in [7, 11) is 0. The second-order valence-corrected chi connectivity index (χ2v) is 2.61. The predicted molar refractivity (Wildman–Crippen MR) is 45.4 cm³/mol. The maximum absolute atomic E-state index is 11.1. The molecule has 12 heavy (non-hydrogen) atoms. The van der Waals surface area contributed by atoms with Crippen LogP contribution in [0.15, 0.2) is 34.6 Å². The lowest BCUT2D eigenvalue weighted by Gasteiger charge is -1.91. The van der Waals surface area contributed by atoms with Crippen molar-refractivity contribution in [1.82, 2.24) is 0 Å². The number of hydrogen-bond donors (Lipinski definition) is 1. The van der Waals surface area contributed by atoms with Crippen molar-refractivity contribution in [2.24, 2.45) is 5.73 Å². The van der Waals surface area contributed by atoms with Crippen LogP contribution in [0, 0.1) is 0 Å². The topological polar surface area (TPSA) is 56.2 Å².